The van der Waals surface area contributed by atoms with Crippen molar-refractivity contribution in [2.75, 3.05) is 4.90 Å². The van der Waals surface area contributed by atoms with Crippen molar-refractivity contribution < 1.29 is 8.83 Å². The molecule has 8 aromatic carbocycles. The molecule has 0 saturated carbocycles. The number of nitrogens with zero attached hydrogens (tertiary/aromatic N) is 2. The van der Waals surface area contributed by atoms with Gasteiger partial charge >= 0.3 is 0 Å². The summed E-state index contributed by atoms with van der Waals surface area (Å²) >= 11 is 0. The first-order chi connectivity index (χ1) is 24.3. The van der Waals surface area contributed by atoms with Crippen molar-refractivity contribution in [2.24, 2.45) is 0 Å². The van der Waals surface area contributed by atoms with Crippen molar-refractivity contribution in [1.82, 2.24) is 4.98 Å². The van der Waals surface area contributed by atoms with Crippen LogP contribution in [0.25, 0.3) is 77.2 Å². The Hall–Kier alpha value is -6.65. The maximum Gasteiger partial charge on any atom is 0.228 e. The second kappa shape index (κ2) is 11.0. The Morgan fingerprint density at radius 1 is 0.429 bits per heavy atom. The number of para-hydroxylation sites is 3. The lowest BCUT2D eigenvalue weighted by Crippen LogP contribution is -2.11. The van der Waals surface area contributed by atoms with Crippen molar-refractivity contribution in [1.29, 1.82) is 0 Å². The fraction of sp³-hybridized carbons (Fsp3) is 0. The van der Waals surface area contributed by atoms with E-state index in [-0.39, 0.29) is 0 Å². The summed E-state index contributed by atoms with van der Waals surface area (Å²) in [6.45, 7) is 0. The summed E-state index contributed by atoms with van der Waals surface area (Å²) in [5.74, 6) is 0.584. The minimum absolute atomic E-state index is 0.584. The molecule has 0 unspecified atom stereocenters. The van der Waals surface area contributed by atoms with E-state index in [0.717, 1.165) is 66.8 Å². The third-order valence-corrected chi connectivity index (χ3v) is 9.48. The van der Waals surface area contributed by atoms with Crippen LogP contribution in [-0.2, 0) is 0 Å². The van der Waals surface area contributed by atoms with Crippen molar-refractivity contribution in [3.05, 3.63) is 170 Å². The van der Waals surface area contributed by atoms with Gasteiger partial charge in [-0.2, -0.15) is 0 Å². The largest absolute Gasteiger partial charge is 0.456 e. The van der Waals surface area contributed by atoms with Crippen molar-refractivity contribution in [3.8, 4) is 22.6 Å². The van der Waals surface area contributed by atoms with E-state index in [0.29, 0.717) is 5.89 Å². The first-order valence-corrected chi connectivity index (χ1v) is 16.5. The smallest absolute Gasteiger partial charge is 0.228 e. The van der Waals surface area contributed by atoms with Gasteiger partial charge in [0.2, 0.25) is 5.89 Å². The first kappa shape index (κ1) is 27.5. The minimum Gasteiger partial charge on any atom is -0.456 e. The molecule has 0 spiro atoms. The summed E-state index contributed by atoms with van der Waals surface area (Å²) in [6, 6.07) is 59.4. The number of hydrogen-bond donors (Lipinski definition) is 0. The number of furan rings is 1. The van der Waals surface area contributed by atoms with Crippen molar-refractivity contribution in [2.45, 2.75) is 0 Å². The zero-order chi connectivity index (χ0) is 32.3. The lowest BCUT2D eigenvalue weighted by Gasteiger charge is -2.29. The molecular formula is C45H28N2O2. The Kier molecular flexibility index (Phi) is 6.15. The van der Waals surface area contributed by atoms with Gasteiger partial charge in [-0.25, -0.2) is 4.98 Å². The molecule has 10 rings (SSSR count). The summed E-state index contributed by atoms with van der Waals surface area (Å²) in [5.41, 5.74) is 9.57. The molecule has 0 fully saturated rings. The van der Waals surface area contributed by atoms with Gasteiger partial charge in [-0.15, -0.1) is 0 Å². The van der Waals surface area contributed by atoms with Gasteiger partial charge in [-0.05, 0) is 76.3 Å². The Labute approximate surface area is 282 Å². The Balaban J connectivity index is 1.20. The lowest BCUT2D eigenvalue weighted by atomic mass is 9.98. The highest BCUT2D eigenvalue weighted by Gasteiger charge is 2.22. The van der Waals surface area contributed by atoms with Crippen LogP contribution >= 0.6 is 0 Å². The van der Waals surface area contributed by atoms with E-state index < -0.39 is 0 Å². The van der Waals surface area contributed by atoms with Crippen LogP contribution in [-0.4, -0.2) is 4.98 Å². The topological polar surface area (TPSA) is 42.4 Å². The molecule has 49 heavy (non-hydrogen) atoms. The quantitative estimate of drug-likeness (QED) is 0.190. The van der Waals surface area contributed by atoms with Crippen molar-refractivity contribution in [3.63, 3.8) is 0 Å². The van der Waals surface area contributed by atoms with Crippen LogP contribution in [0.1, 0.15) is 0 Å². The summed E-state index contributed by atoms with van der Waals surface area (Å²) in [4.78, 5) is 7.18. The Bertz CT molecular complexity index is 2820. The van der Waals surface area contributed by atoms with Crippen molar-refractivity contribution >= 4 is 71.6 Å². The molecule has 0 radical (unpaired) electrons. The van der Waals surface area contributed by atoms with Crippen LogP contribution in [0, 0.1) is 0 Å². The second-order valence-electron chi connectivity index (χ2n) is 12.4. The van der Waals surface area contributed by atoms with Gasteiger partial charge in [-0.3, -0.25) is 0 Å². The minimum atomic E-state index is 0.584. The molecule has 10 aromatic rings. The molecule has 4 heteroatoms. The average molecular weight is 629 g/mol. The molecule has 2 heterocycles. The summed E-state index contributed by atoms with van der Waals surface area (Å²) in [5, 5.41) is 6.79. The first-order valence-electron chi connectivity index (χ1n) is 16.5. The maximum absolute atomic E-state index is 6.61. The number of aromatic nitrogens is 1. The second-order valence-corrected chi connectivity index (χ2v) is 12.4. The van der Waals surface area contributed by atoms with E-state index >= 15 is 0 Å². The van der Waals surface area contributed by atoms with Crippen LogP contribution in [0.5, 0.6) is 0 Å². The summed E-state index contributed by atoms with van der Waals surface area (Å²) in [7, 11) is 0. The normalized spacial score (nSPS) is 11.7. The SMILES string of the molecule is c1ccc(N(c2ccc3c(c2)oc2cccc(-c4nc5ccccc5o4)c23)c2cccc3ccccc23)c(-c2ccc3ccccc3c2)c1. The van der Waals surface area contributed by atoms with Gasteiger partial charge in [0.15, 0.2) is 5.58 Å². The van der Waals surface area contributed by atoms with Gasteiger partial charge in [-0.1, -0.05) is 109 Å². The van der Waals surface area contributed by atoms with Crippen LogP contribution < -0.4 is 4.90 Å². The average Bonchev–Trinajstić information content (AvgIpc) is 3.77. The highest BCUT2D eigenvalue weighted by Crippen LogP contribution is 2.46. The van der Waals surface area contributed by atoms with E-state index in [9.17, 15) is 0 Å². The number of oxazole rings is 1. The highest BCUT2D eigenvalue weighted by atomic mass is 16.3. The third kappa shape index (κ3) is 4.49. The monoisotopic (exact) mass is 628 g/mol. The summed E-state index contributed by atoms with van der Waals surface area (Å²) in [6.07, 6.45) is 0. The molecule has 0 N–H and O–H groups in total. The predicted octanol–water partition coefficient (Wildman–Crippen LogP) is 12.8. The van der Waals surface area contributed by atoms with Gasteiger partial charge < -0.3 is 13.7 Å². The van der Waals surface area contributed by atoms with Gasteiger partial charge in [0.05, 0.1) is 11.4 Å². The zero-order valence-electron chi connectivity index (χ0n) is 26.4. The van der Waals surface area contributed by atoms with Crippen LogP contribution in [0.2, 0.25) is 0 Å². The number of rotatable bonds is 5. The van der Waals surface area contributed by atoms with Crippen LogP contribution in [0.15, 0.2) is 179 Å². The van der Waals surface area contributed by atoms with E-state index in [4.69, 9.17) is 13.8 Å². The molecule has 0 amide bonds. The van der Waals surface area contributed by atoms with E-state index in [1.807, 2.05) is 36.4 Å². The Morgan fingerprint density at radius 2 is 1.14 bits per heavy atom. The van der Waals surface area contributed by atoms with Crippen LogP contribution in [0.4, 0.5) is 17.1 Å². The van der Waals surface area contributed by atoms with Crippen LogP contribution in [0.3, 0.4) is 0 Å². The molecule has 0 saturated heterocycles. The highest BCUT2D eigenvalue weighted by molar-refractivity contribution is 6.13. The predicted molar refractivity (Wildman–Crippen MR) is 202 cm³/mol. The van der Waals surface area contributed by atoms with E-state index in [1.165, 1.54) is 21.5 Å². The third-order valence-electron chi connectivity index (χ3n) is 9.48. The molecule has 0 aliphatic heterocycles. The zero-order valence-corrected chi connectivity index (χ0v) is 26.4. The maximum atomic E-state index is 6.61. The Morgan fingerprint density at radius 3 is 2.08 bits per heavy atom. The number of benzene rings is 8. The molecule has 0 bridgehead atoms. The molecule has 230 valence electrons. The fourth-order valence-electron chi connectivity index (χ4n) is 7.20. The fourth-order valence-corrected chi connectivity index (χ4v) is 7.20. The van der Waals surface area contributed by atoms with E-state index in [2.05, 4.69) is 138 Å². The standard InChI is InChI=1S/C45H28N2O2/c1-2-13-31-27-32(24-23-29(31)11-1)35-16-5-7-19-39(35)47(40-20-9-14-30-12-3-4-15-34(30)40)33-25-26-36-43(28-33)48-42-22-10-17-37(44(36)42)45-46-38-18-6-8-21-41(38)49-45/h1-28H. The van der Waals surface area contributed by atoms with Gasteiger partial charge in [0.1, 0.15) is 16.7 Å². The number of anilines is 3. The number of hydrogen-bond acceptors (Lipinski definition) is 4. The molecule has 2 aromatic heterocycles. The summed E-state index contributed by atoms with van der Waals surface area (Å²) < 4.78 is 12.8. The molecule has 4 nitrogen and oxygen atoms in total. The van der Waals surface area contributed by atoms with Gasteiger partial charge in [0.25, 0.3) is 0 Å². The molecule has 0 aliphatic carbocycles. The van der Waals surface area contributed by atoms with Gasteiger partial charge in [0, 0.05) is 39.0 Å². The lowest BCUT2D eigenvalue weighted by molar-refractivity contribution is 0.620. The van der Waals surface area contributed by atoms with E-state index in [1.54, 1.807) is 0 Å². The molecular weight excluding hydrogens is 601 g/mol. The number of fused-ring (bicyclic) bond motifs is 6. The molecule has 0 atom stereocenters. The molecule has 0 aliphatic rings.